The van der Waals surface area contributed by atoms with Crippen LogP contribution in [0.5, 0.6) is 16.6 Å². The Labute approximate surface area is 273 Å². The number of ether oxygens (including phenoxy) is 3. The number of amides is 2. The van der Waals surface area contributed by atoms with Gasteiger partial charge < -0.3 is 24.0 Å². The van der Waals surface area contributed by atoms with Crippen LogP contribution in [0.15, 0.2) is 72.1 Å². The Morgan fingerprint density at radius 2 is 1.67 bits per heavy atom. The predicted octanol–water partition coefficient (Wildman–Crippen LogP) is 5.63. The summed E-state index contributed by atoms with van der Waals surface area (Å²) in [5, 5.41) is 7.00. The lowest BCUT2D eigenvalue weighted by atomic mass is 10.0. The summed E-state index contributed by atoms with van der Waals surface area (Å²) >= 11 is 2.84. The van der Waals surface area contributed by atoms with E-state index in [-0.39, 0.29) is 17.5 Å². The molecular formula is C34H30N4O6S2. The molecule has 2 amide bonds. The first-order valence-electron chi connectivity index (χ1n) is 14.8. The maximum atomic E-state index is 14.0. The zero-order valence-electron chi connectivity index (χ0n) is 25.2. The first kappa shape index (κ1) is 29.8. The third-order valence-electron chi connectivity index (χ3n) is 8.20. The smallest absolute Gasteiger partial charge is 0.365 e. The van der Waals surface area contributed by atoms with Gasteiger partial charge in [0.1, 0.15) is 17.2 Å². The normalized spacial score (nSPS) is 14.1. The molecular weight excluding hydrogens is 625 g/mol. The van der Waals surface area contributed by atoms with Crippen molar-refractivity contribution in [2.24, 2.45) is 0 Å². The summed E-state index contributed by atoms with van der Waals surface area (Å²) in [5.41, 5.74) is 3.57. The topological polar surface area (TPSA) is 103 Å². The number of benzene rings is 2. The quantitative estimate of drug-likeness (QED) is 0.200. The molecule has 0 radical (unpaired) electrons. The van der Waals surface area contributed by atoms with Crippen molar-refractivity contribution in [1.82, 2.24) is 19.6 Å². The molecule has 46 heavy (non-hydrogen) atoms. The van der Waals surface area contributed by atoms with Gasteiger partial charge in [-0.15, -0.1) is 22.7 Å². The van der Waals surface area contributed by atoms with Crippen LogP contribution in [0.1, 0.15) is 52.2 Å². The summed E-state index contributed by atoms with van der Waals surface area (Å²) in [6.07, 6.45) is 1.13. The van der Waals surface area contributed by atoms with Gasteiger partial charge in [0.05, 0.1) is 24.8 Å². The summed E-state index contributed by atoms with van der Waals surface area (Å²) < 4.78 is 18.0. The van der Waals surface area contributed by atoms with E-state index in [1.54, 1.807) is 43.4 Å². The third kappa shape index (κ3) is 5.65. The summed E-state index contributed by atoms with van der Waals surface area (Å²) in [7, 11) is 3.20. The fourth-order valence-electron chi connectivity index (χ4n) is 5.81. The molecule has 0 spiro atoms. The maximum Gasteiger partial charge on any atom is 0.365 e. The Morgan fingerprint density at radius 3 is 2.37 bits per heavy atom. The Hall–Kier alpha value is -4.94. The number of hydrogen-bond acceptors (Lipinski definition) is 9. The zero-order chi connectivity index (χ0) is 31.8. The Balaban J connectivity index is 1.15. The number of esters is 1. The highest BCUT2D eigenvalue weighted by Crippen LogP contribution is 2.35. The molecule has 5 aromatic rings. The second-order valence-electron chi connectivity index (χ2n) is 11.0. The van der Waals surface area contributed by atoms with Gasteiger partial charge in [-0.05, 0) is 77.9 Å². The van der Waals surface area contributed by atoms with Gasteiger partial charge in [-0.2, -0.15) is 5.10 Å². The van der Waals surface area contributed by atoms with E-state index < -0.39 is 5.97 Å². The number of nitrogens with zero attached hydrogens (tertiary/aromatic N) is 4. The number of carbonyl (C=O) groups is 3. The van der Waals surface area contributed by atoms with Gasteiger partial charge in [0, 0.05) is 36.6 Å². The first-order chi connectivity index (χ1) is 22.4. The fourth-order valence-corrected chi connectivity index (χ4v) is 7.51. The highest BCUT2D eigenvalue weighted by molar-refractivity contribution is 7.14. The Morgan fingerprint density at radius 1 is 0.935 bits per heavy atom. The average Bonchev–Trinajstić information content (AvgIpc) is 3.85. The number of aromatic nitrogens is 2. The summed E-state index contributed by atoms with van der Waals surface area (Å²) in [6, 6.07) is 20.3. The third-order valence-corrected chi connectivity index (χ3v) is 10.2. The Bertz CT molecular complexity index is 1910. The van der Waals surface area contributed by atoms with Gasteiger partial charge in [0.2, 0.25) is 0 Å². The van der Waals surface area contributed by atoms with Crippen molar-refractivity contribution in [3.05, 3.63) is 110 Å². The molecule has 0 aliphatic carbocycles. The van der Waals surface area contributed by atoms with Crippen LogP contribution >= 0.6 is 22.7 Å². The minimum absolute atomic E-state index is 0.00629. The highest BCUT2D eigenvalue weighted by atomic mass is 32.1. The SMILES string of the molecule is COc1ccc(CN2CCc3c(C(=O)Oc4cc5c(s4)CCN(C(=O)c4cccs4)C5)nn(-c4ccc(OC)cc4)c3C2=O)cc1. The molecule has 0 N–H and O–H groups in total. The van der Waals surface area contributed by atoms with Crippen molar-refractivity contribution in [2.45, 2.75) is 25.9 Å². The van der Waals surface area contributed by atoms with E-state index in [1.807, 2.05) is 52.7 Å². The van der Waals surface area contributed by atoms with E-state index in [2.05, 4.69) is 5.10 Å². The molecule has 0 unspecified atom stereocenters. The van der Waals surface area contributed by atoms with Gasteiger partial charge in [-0.25, -0.2) is 9.48 Å². The summed E-state index contributed by atoms with van der Waals surface area (Å²) in [6.45, 7) is 1.89. The van der Waals surface area contributed by atoms with Crippen LogP contribution in [-0.2, 0) is 25.9 Å². The molecule has 234 valence electrons. The summed E-state index contributed by atoms with van der Waals surface area (Å²) in [5.74, 6) is 0.570. The lowest BCUT2D eigenvalue weighted by Gasteiger charge is -2.27. The lowest BCUT2D eigenvalue weighted by molar-refractivity contribution is 0.0712. The minimum atomic E-state index is -0.620. The van der Waals surface area contributed by atoms with Crippen LogP contribution in [0.25, 0.3) is 5.69 Å². The molecule has 7 rings (SSSR count). The first-order valence-corrected chi connectivity index (χ1v) is 16.5. The van der Waals surface area contributed by atoms with Crippen LogP contribution in [-0.4, -0.2) is 64.7 Å². The second-order valence-corrected chi connectivity index (χ2v) is 13.0. The van der Waals surface area contributed by atoms with Crippen LogP contribution < -0.4 is 14.2 Å². The van der Waals surface area contributed by atoms with Gasteiger partial charge in [-0.1, -0.05) is 18.2 Å². The van der Waals surface area contributed by atoms with E-state index >= 15 is 0 Å². The molecule has 2 aromatic carbocycles. The van der Waals surface area contributed by atoms with Crippen LogP contribution in [0, 0.1) is 0 Å². The molecule has 0 atom stereocenters. The Kier molecular flexibility index (Phi) is 8.05. The molecule has 0 saturated heterocycles. The molecule has 2 aliphatic rings. The van der Waals surface area contributed by atoms with Gasteiger partial charge >= 0.3 is 5.97 Å². The predicted molar refractivity (Wildman–Crippen MR) is 174 cm³/mol. The van der Waals surface area contributed by atoms with Crippen LogP contribution in [0.2, 0.25) is 0 Å². The highest BCUT2D eigenvalue weighted by Gasteiger charge is 2.35. The largest absolute Gasteiger partial charge is 0.497 e. The van der Waals surface area contributed by atoms with Crippen molar-refractivity contribution >= 4 is 40.5 Å². The number of fused-ring (bicyclic) bond motifs is 2. The van der Waals surface area contributed by atoms with E-state index in [9.17, 15) is 14.4 Å². The molecule has 10 nitrogen and oxygen atoms in total. The van der Waals surface area contributed by atoms with Crippen LogP contribution in [0.4, 0.5) is 0 Å². The molecule has 0 fully saturated rings. The van der Waals surface area contributed by atoms with Gasteiger partial charge in [0.15, 0.2) is 10.8 Å². The zero-order valence-corrected chi connectivity index (χ0v) is 26.9. The average molecular weight is 655 g/mol. The number of methoxy groups -OCH3 is 2. The number of rotatable bonds is 8. The van der Waals surface area contributed by atoms with Crippen LogP contribution in [0.3, 0.4) is 0 Å². The minimum Gasteiger partial charge on any atom is -0.497 e. The van der Waals surface area contributed by atoms with E-state index in [4.69, 9.17) is 14.2 Å². The van der Waals surface area contributed by atoms with Crippen molar-refractivity contribution in [1.29, 1.82) is 0 Å². The number of thiophene rings is 2. The van der Waals surface area contributed by atoms with Gasteiger partial charge in [0.25, 0.3) is 11.8 Å². The standard InChI is InChI=1S/C34H30N4O6S2/c1-42-24-9-5-21(6-10-24)19-36-15-13-26-30(35-38(31(26)33(36)40)23-7-11-25(43-2)12-8-23)34(41)44-29-18-22-20-37(16-14-27(22)46-29)32(39)28-4-3-17-45-28/h3-12,17-18H,13-16,19-20H2,1-2H3. The van der Waals surface area contributed by atoms with Gasteiger partial charge in [-0.3, -0.25) is 9.59 Å². The van der Waals surface area contributed by atoms with Crippen molar-refractivity contribution < 1.29 is 28.6 Å². The molecule has 12 heteroatoms. The lowest BCUT2D eigenvalue weighted by Crippen LogP contribution is -2.38. The number of carbonyl (C=O) groups excluding carboxylic acids is 3. The monoisotopic (exact) mass is 654 g/mol. The van der Waals surface area contributed by atoms with Crippen molar-refractivity contribution in [2.75, 3.05) is 27.3 Å². The number of hydrogen-bond donors (Lipinski definition) is 0. The van der Waals surface area contributed by atoms with E-state index in [0.29, 0.717) is 71.7 Å². The van der Waals surface area contributed by atoms with Crippen molar-refractivity contribution in [3.63, 3.8) is 0 Å². The van der Waals surface area contributed by atoms with E-state index in [0.717, 1.165) is 21.8 Å². The van der Waals surface area contributed by atoms with Crippen molar-refractivity contribution in [3.8, 4) is 22.2 Å². The molecule has 2 aliphatic heterocycles. The second kappa shape index (κ2) is 12.5. The molecule has 0 saturated carbocycles. The van der Waals surface area contributed by atoms with E-state index in [1.165, 1.54) is 27.4 Å². The summed E-state index contributed by atoms with van der Waals surface area (Å²) in [4.78, 5) is 46.0. The molecule has 0 bridgehead atoms. The fraction of sp³-hybridized carbons (Fsp3) is 0.235. The molecule has 5 heterocycles. The molecule has 3 aromatic heterocycles. The maximum absolute atomic E-state index is 14.0.